The van der Waals surface area contributed by atoms with Crippen LogP contribution in [0.1, 0.15) is 19.8 Å². The number of hydrogen-bond donors (Lipinski definition) is 1. The average Bonchev–Trinajstić information content (AvgIpc) is 2.53. The molecule has 6 nitrogen and oxygen atoms in total. The Hall–Kier alpha value is -1.90. The summed E-state index contributed by atoms with van der Waals surface area (Å²) in [5, 5.41) is 2.73. The lowest BCUT2D eigenvalue weighted by atomic mass is 10.1. The van der Waals surface area contributed by atoms with E-state index in [1.54, 1.807) is 18.5 Å². The molecule has 1 N–H and O–H groups in total. The van der Waals surface area contributed by atoms with Gasteiger partial charge in [0.15, 0.2) is 0 Å². The second kappa shape index (κ2) is 7.58. The van der Waals surface area contributed by atoms with E-state index >= 15 is 0 Å². The molecule has 1 fully saturated rings. The number of aromatic nitrogens is 2. The van der Waals surface area contributed by atoms with E-state index in [0.717, 1.165) is 19.4 Å². The van der Waals surface area contributed by atoms with E-state index in [1.165, 1.54) is 6.92 Å². The number of hydrogen-bond acceptors (Lipinski definition) is 5. The second-order valence-corrected chi connectivity index (χ2v) is 5.41. The van der Waals surface area contributed by atoms with Gasteiger partial charge >= 0.3 is 6.18 Å². The van der Waals surface area contributed by atoms with Crippen LogP contribution >= 0.6 is 0 Å². The van der Waals surface area contributed by atoms with E-state index in [9.17, 15) is 18.0 Å². The maximum atomic E-state index is 12.1. The van der Waals surface area contributed by atoms with Crippen LogP contribution < -0.4 is 10.2 Å². The monoisotopic (exact) mass is 332 g/mol. The Morgan fingerprint density at radius 1 is 1.48 bits per heavy atom. The van der Waals surface area contributed by atoms with Crippen molar-refractivity contribution in [1.82, 2.24) is 15.3 Å². The molecule has 1 saturated heterocycles. The van der Waals surface area contributed by atoms with Gasteiger partial charge in [-0.1, -0.05) is 0 Å². The van der Waals surface area contributed by atoms with Gasteiger partial charge in [0.25, 0.3) is 0 Å². The Kier molecular flexibility index (Phi) is 5.75. The minimum Gasteiger partial charge on any atom is -0.359 e. The highest BCUT2D eigenvalue weighted by Gasteiger charge is 2.31. The molecule has 0 radical (unpaired) electrons. The number of alkyl halides is 3. The molecular weight excluding hydrogens is 313 g/mol. The predicted octanol–water partition coefficient (Wildman–Crippen LogP) is 1.53. The highest BCUT2D eigenvalue weighted by Crippen LogP contribution is 2.17. The lowest BCUT2D eigenvalue weighted by Crippen LogP contribution is -2.50. The molecule has 0 aromatic carbocycles. The molecule has 128 valence electrons. The Morgan fingerprint density at radius 3 is 2.83 bits per heavy atom. The van der Waals surface area contributed by atoms with Crippen molar-refractivity contribution in [1.29, 1.82) is 0 Å². The topological polar surface area (TPSA) is 67.3 Å². The van der Waals surface area contributed by atoms with Crippen molar-refractivity contribution >= 4 is 11.9 Å². The minimum atomic E-state index is -4.44. The number of ether oxygens (including phenoxy) is 1. The van der Waals surface area contributed by atoms with Gasteiger partial charge in [0.2, 0.25) is 11.9 Å². The summed E-state index contributed by atoms with van der Waals surface area (Å²) in [5.41, 5.74) is 0. The molecule has 1 amide bonds. The van der Waals surface area contributed by atoms with Gasteiger partial charge in [-0.3, -0.25) is 4.79 Å². The van der Waals surface area contributed by atoms with Gasteiger partial charge in [-0.25, -0.2) is 9.97 Å². The number of carbonyl (C=O) groups is 1. The summed E-state index contributed by atoms with van der Waals surface area (Å²) >= 11 is 0. The Morgan fingerprint density at radius 2 is 2.17 bits per heavy atom. The summed E-state index contributed by atoms with van der Waals surface area (Å²) in [6, 6.07) is 1.55. The molecule has 0 bridgehead atoms. The highest BCUT2D eigenvalue weighted by molar-refractivity contribution is 5.80. The van der Waals surface area contributed by atoms with Crippen LogP contribution in [0, 0.1) is 0 Å². The molecule has 0 spiro atoms. The fourth-order valence-corrected chi connectivity index (χ4v) is 2.34. The van der Waals surface area contributed by atoms with Crippen LogP contribution in [0.15, 0.2) is 18.5 Å². The summed E-state index contributed by atoms with van der Waals surface area (Å²) in [5.74, 6) is 0.0305. The standard InChI is InChI=1S/C14H19F3N4O2/c1-10(23-9-14(15,16)17)12(22)20-11-4-2-7-21(8-11)13-18-5-3-6-19-13/h3,5-6,10-11H,2,4,7-9H2,1H3,(H,20,22)/t10-,11+/m0/s1. The second-order valence-electron chi connectivity index (χ2n) is 5.41. The van der Waals surface area contributed by atoms with Crippen molar-refractivity contribution in [2.24, 2.45) is 0 Å². The number of piperidine rings is 1. The van der Waals surface area contributed by atoms with Crippen molar-refractivity contribution in [2.75, 3.05) is 24.6 Å². The molecule has 2 rings (SSSR count). The van der Waals surface area contributed by atoms with Crippen molar-refractivity contribution in [3.8, 4) is 0 Å². The van der Waals surface area contributed by atoms with Gasteiger partial charge in [0.1, 0.15) is 12.7 Å². The van der Waals surface area contributed by atoms with E-state index in [1.807, 2.05) is 4.90 Å². The Balaban J connectivity index is 1.83. The van der Waals surface area contributed by atoms with Crippen molar-refractivity contribution in [3.63, 3.8) is 0 Å². The molecule has 1 aromatic rings. The van der Waals surface area contributed by atoms with Crippen molar-refractivity contribution in [3.05, 3.63) is 18.5 Å². The summed E-state index contributed by atoms with van der Waals surface area (Å²) in [7, 11) is 0. The van der Waals surface area contributed by atoms with Gasteiger partial charge < -0.3 is 15.0 Å². The third-order valence-corrected chi connectivity index (χ3v) is 3.47. The zero-order valence-corrected chi connectivity index (χ0v) is 12.7. The average molecular weight is 332 g/mol. The maximum Gasteiger partial charge on any atom is 0.411 e. The lowest BCUT2D eigenvalue weighted by Gasteiger charge is -2.33. The van der Waals surface area contributed by atoms with Crippen LogP contribution in [0.2, 0.25) is 0 Å². The number of carbonyl (C=O) groups excluding carboxylic acids is 1. The predicted molar refractivity (Wildman–Crippen MR) is 76.9 cm³/mol. The van der Waals surface area contributed by atoms with Crippen LogP contribution in [0.4, 0.5) is 19.1 Å². The third kappa shape index (κ3) is 5.66. The number of rotatable bonds is 5. The van der Waals surface area contributed by atoms with Crippen LogP contribution in [-0.4, -0.2) is 53.9 Å². The molecule has 0 unspecified atom stereocenters. The largest absolute Gasteiger partial charge is 0.411 e. The molecule has 1 aliphatic rings. The van der Waals surface area contributed by atoms with Crippen molar-refractivity contribution in [2.45, 2.75) is 38.1 Å². The zero-order valence-electron chi connectivity index (χ0n) is 12.7. The van der Waals surface area contributed by atoms with Crippen LogP contribution in [0.5, 0.6) is 0 Å². The van der Waals surface area contributed by atoms with Gasteiger partial charge in [0.05, 0.1) is 0 Å². The number of amides is 1. The molecule has 1 aromatic heterocycles. The fourth-order valence-electron chi connectivity index (χ4n) is 2.34. The molecule has 2 atom stereocenters. The first-order valence-corrected chi connectivity index (χ1v) is 7.36. The van der Waals surface area contributed by atoms with Gasteiger partial charge in [0, 0.05) is 31.5 Å². The number of nitrogens with zero attached hydrogens (tertiary/aromatic N) is 3. The van der Waals surface area contributed by atoms with Gasteiger partial charge in [-0.15, -0.1) is 0 Å². The van der Waals surface area contributed by atoms with Gasteiger partial charge in [-0.05, 0) is 25.8 Å². The first-order valence-electron chi connectivity index (χ1n) is 7.36. The Bertz CT molecular complexity index is 512. The first-order chi connectivity index (χ1) is 10.8. The van der Waals surface area contributed by atoms with E-state index in [0.29, 0.717) is 12.5 Å². The normalized spacial score (nSPS) is 20.2. The SMILES string of the molecule is C[C@H](OCC(F)(F)F)C(=O)N[C@@H]1CCCN(c2ncccn2)C1. The highest BCUT2D eigenvalue weighted by atomic mass is 19.4. The van der Waals surface area contributed by atoms with Crippen LogP contribution in [0.3, 0.4) is 0 Å². The molecule has 1 aliphatic heterocycles. The molecule has 0 saturated carbocycles. The maximum absolute atomic E-state index is 12.1. The molecular formula is C14H19F3N4O2. The zero-order chi connectivity index (χ0) is 16.9. The van der Waals surface area contributed by atoms with E-state index in [2.05, 4.69) is 20.0 Å². The first kappa shape index (κ1) is 17.5. The lowest BCUT2D eigenvalue weighted by molar-refractivity contribution is -0.185. The summed E-state index contributed by atoms with van der Waals surface area (Å²) in [6.45, 7) is 1.16. The molecule has 23 heavy (non-hydrogen) atoms. The summed E-state index contributed by atoms with van der Waals surface area (Å²) in [4.78, 5) is 22.2. The quantitative estimate of drug-likeness (QED) is 0.886. The van der Waals surface area contributed by atoms with Gasteiger partial charge in [-0.2, -0.15) is 13.2 Å². The van der Waals surface area contributed by atoms with E-state index in [-0.39, 0.29) is 6.04 Å². The van der Waals surface area contributed by atoms with Crippen molar-refractivity contribution < 1.29 is 22.7 Å². The smallest absolute Gasteiger partial charge is 0.359 e. The molecule has 9 heteroatoms. The van der Waals surface area contributed by atoms with Crippen LogP contribution in [0.25, 0.3) is 0 Å². The van der Waals surface area contributed by atoms with E-state index in [4.69, 9.17) is 0 Å². The number of halogens is 3. The number of anilines is 1. The number of nitrogens with one attached hydrogen (secondary N) is 1. The fraction of sp³-hybridized carbons (Fsp3) is 0.643. The summed E-state index contributed by atoms with van der Waals surface area (Å²) < 4.78 is 40.8. The Labute approximate surface area is 132 Å². The molecule has 2 heterocycles. The van der Waals surface area contributed by atoms with Crippen LogP contribution in [-0.2, 0) is 9.53 Å². The summed E-state index contributed by atoms with van der Waals surface area (Å²) in [6.07, 6.45) is -0.738. The van der Waals surface area contributed by atoms with E-state index < -0.39 is 24.8 Å². The third-order valence-electron chi connectivity index (χ3n) is 3.47. The molecule has 0 aliphatic carbocycles. The minimum absolute atomic E-state index is 0.169.